The molecule has 2 aromatic heterocycles. The molecule has 2 heterocycles. The van der Waals surface area contributed by atoms with Crippen LogP contribution in [-0.4, -0.2) is 26.3 Å². The molecule has 0 aromatic carbocycles. The number of pyridine rings is 1. The van der Waals surface area contributed by atoms with Gasteiger partial charge in [0, 0.05) is 30.7 Å². The van der Waals surface area contributed by atoms with Gasteiger partial charge in [-0.25, -0.2) is 9.89 Å². The molecule has 7 heteroatoms. The maximum absolute atomic E-state index is 11.6. The fourth-order valence-electron chi connectivity index (χ4n) is 1.77. The highest BCUT2D eigenvalue weighted by atomic mass is 32.2. The number of aromatic amines is 1. The number of H-pyrrole nitrogens is 1. The van der Waals surface area contributed by atoms with Gasteiger partial charge in [0.05, 0.1) is 0 Å². The molecule has 0 aliphatic carbocycles. The van der Waals surface area contributed by atoms with E-state index in [4.69, 9.17) is 5.73 Å². The molecule has 1 atom stereocenters. The Kier molecular flexibility index (Phi) is 4.75. The van der Waals surface area contributed by atoms with Crippen molar-refractivity contribution in [3.8, 4) is 0 Å². The Balaban J connectivity index is 2.22. The highest BCUT2D eigenvalue weighted by Crippen LogP contribution is 2.32. The second-order valence-corrected chi connectivity index (χ2v) is 5.26. The molecule has 0 saturated carbocycles. The van der Waals surface area contributed by atoms with Crippen LogP contribution in [0.1, 0.15) is 24.2 Å². The van der Waals surface area contributed by atoms with Gasteiger partial charge in [0.25, 0.3) is 0 Å². The van der Waals surface area contributed by atoms with Crippen LogP contribution in [0.2, 0.25) is 0 Å². The summed E-state index contributed by atoms with van der Waals surface area (Å²) in [5.41, 5.74) is 6.73. The molecule has 1 unspecified atom stereocenters. The summed E-state index contributed by atoms with van der Waals surface area (Å²) >= 11 is 1.50. The first kappa shape index (κ1) is 13.8. The molecule has 0 bridgehead atoms. The Morgan fingerprint density at radius 1 is 1.47 bits per heavy atom. The van der Waals surface area contributed by atoms with Crippen LogP contribution < -0.4 is 11.4 Å². The van der Waals surface area contributed by atoms with E-state index in [1.807, 2.05) is 19.1 Å². The average molecular weight is 279 g/mol. The van der Waals surface area contributed by atoms with Crippen LogP contribution in [0.3, 0.4) is 0 Å². The first-order valence-electron chi connectivity index (χ1n) is 6.18. The Labute approximate surface area is 115 Å². The van der Waals surface area contributed by atoms with Gasteiger partial charge in [0.15, 0.2) is 5.16 Å². The average Bonchev–Trinajstić information content (AvgIpc) is 2.79. The summed E-state index contributed by atoms with van der Waals surface area (Å²) in [5.74, 6) is 0. The molecule has 3 N–H and O–H groups in total. The van der Waals surface area contributed by atoms with E-state index in [9.17, 15) is 4.79 Å². The monoisotopic (exact) mass is 279 g/mol. The van der Waals surface area contributed by atoms with Gasteiger partial charge in [-0.15, -0.1) is 5.10 Å². The van der Waals surface area contributed by atoms with Gasteiger partial charge < -0.3 is 5.73 Å². The van der Waals surface area contributed by atoms with Crippen molar-refractivity contribution >= 4 is 11.8 Å². The number of nitrogens with one attached hydrogen (secondary N) is 1. The summed E-state index contributed by atoms with van der Waals surface area (Å²) < 4.78 is 1.65. The minimum atomic E-state index is -0.171. The lowest BCUT2D eigenvalue weighted by molar-refractivity contribution is 0.602. The lowest BCUT2D eigenvalue weighted by Crippen LogP contribution is -2.18. The lowest BCUT2D eigenvalue weighted by Gasteiger charge is -2.14. The predicted octanol–water partition coefficient (Wildman–Crippen LogP) is 1.17. The van der Waals surface area contributed by atoms with Gasteiger partial charge in [0.1, 0.15) is 0 Å². The summed E-state index contributed by atoms with van der Waals surface area (Å²) in [5, 5.41) is 7.29. The second-order valence-electron chi connectivity index (χ2n) is 4.09. The molecule has 0 spiro atoms. The SMILES string of the molecule is CCCn1c(SC(CN)c2ccncc2)n[nH]c1=O. The zero-order valence-electron chi connectivity index (χ0n) is 10.7. The number of nitrogens with two attached hydrogens (primary N) is 1. The first-order chi connectivity index (χ1) is 9.26. The predicted molar refractivity (Wildman–Crippen MR) is 75.0 cm³/mol. The van der Waals surface area contributed by atoms with Crippen molar-refractivity contribution in [1.29, 1.82) is 0 Å². The fraction of sp³-hybridized carbons (Fsp3) is 0.417. The molecule has 0 saturated heterocycles. The van der Waals surface area contributed by atoms with Crippen molar-refractivity contribution in [2.24, 2.45) is 5.73 Å². The number of aromatic nitrogens is 4. The number of nitrogens with zero attached hydrogens (tertiary/aromatic N) is 3. The molecule has 2 rings (SSSR count). The molecular formula is C12H17N5OS. The quantitative estimate of drug-likeness (QED) is 0.775. The van der Waals surface area contributed by atoms with Gasteiger partial charge in [-0.3, -0.25) is 9.55 Å². The normalized spacial score (nSPS) is 12.5. The van der Waals surface area contributed by atoms with Crippen LogP contribution in [0.5, 0.6) is 0 Å². The minimum absolute atomic E-state index is 0.0637. The topological polar surface area (TPSA) is 89.6 Å². The van der Waals surface area contributed by atoms with E-state index in [-0.39, 0.29) is 10.9 Å². The smallest absolute Gasteiger partial charge is 0.329 e. The summed E-state index contributed by atoms with van der Waals surface area (Å²) in [7, 11) is 0. The van der Waals surface area contributed by atoms with Crippen LogP contribution in [-0.2, 0) is 6.54 Å². The van der Waals surface area contributed by atoms with Crippen molar-refractivity contribution in [2.45, 2.75) is 30.3 Å². The zero-order valence-corrected chi connectivity index (χ0v) is 11.6. The van der Waals surface area contributed by atoms with E-state index in [1.165, 1.54) is 11.8 Å². The van der Waals surface area contributed by atoms with Crippen molar-refractivity contribution < 1.29 is 0 Å². The zero-order chi connectivity index (χ0) is 13.7. The number of rotatable bonds is 6. The van der Waals surface area contributed by atoms with E-state index < -0.39 is 0 Å². The van der Waals surface area contributed by atoms with Gasteiger partial charge in [-0.1, -0.05) is 18.7 Å². The van der Waals surface area contributed by atoms with Crippen LogP contribution >= 0.6 is 11.8 Å². The summed E-state index contributed by atoms with van der Waals surface area (Å²) in [6.07, 6.45) is 4.36. The number of hydrogen-bond donors (Lipinski definition) is 2. The number of hydrogen-bond acceptors (Lipinski definition) is 5. The molecule has 0 aliphatic heterocycles. The van der Waals surface area contributed by atoms with Gasteiger partial charge >= 0.3 is 5.69 Å². The van der Waals surface area contributed by atoms with Gasteiger partial charge in [0.2, 0.25) is 0 Å². The Hall–Kier alpha value is -1.60. The minimum Gasteiger partial charge on any atom is -0.329 e. The lowest BCUT2D eigenvalue weighted by atomic mass is 10.2. The molecule has 0 radical (unpaired) electrons. The third kappa shape index (κ3) is 3.24. The van der Waals surface area contributed by atoms with E-state index >= 15 is 0 Å². The van der Waals surface area contributed by atoms with E-state index in [0.717, 1.165) is 12.0 Å². The van der Waals surface area contributed by atoms with Gasteiger partial charge in [-0.05, 0) is 24.1 Å². The molecule has 6 nitrogen and oxygen atoms in total. The van der Waals surface area contributed by atoms with Crippen molar-refractivity contribution in [2.75, 3.05) is 6.54 Å². The van der Waals surface area contributed by atoms with Crippen LogP contribution in [0.4, 0.5) is 0 Å². The van der Waals surface area contributed by atoms with Crippen LogP contribution in [0.25, 0.3) is 0 Å². The van der Waals surface area contributed by atoms with E-state index in [2.05, 4.69) is 15.2 Å². The fourth-order valence-corrected chi connectivity index (χ4v) is 2.82. The molecule has 0 aliphatic rings. The third-order valence-corrected chi connectivity index (χ3v) is 3.98. The highest BCUT2D eigenvalue weighted by molar-refractivity contribution is 7.99. The summed E-state index contributed by atoms with van der Waals surface area (Å²) in [6.45, 7) is 3.16. The standard InChI is InChI=1S/C12H17N5OS/c1-2-7-17-11(18)15-16-12(17)19-10(8-13)9-3-5-14-6-4-9/h3-6,10H,2,7-8,13H2,1H3,(H,15,18). The Morgan fingerprint density at radius 3 is 2.84 bits per heavy atom. The molecule has 0 fully saturated rings. The Bertz CT molecular complexity index is 565. The second kappa shape index (κ2) is 6.53. The van der Waals surface area contributed by atoms with Crippen molar-refractivity contribution in [3.63, 3.8) is 0 Å². The third-order valence-electron chi connectivity index (χ3n) is 2.71. The molecular weight excluding hydrogens is 262 g/mol. The highest BCUT2D eigenvalue weighted by Gasteiger charge is 2.16. The molecule has 102 valence electrons. The Morgan fingerprint density at radius 2 is 2.21 bits per heavy atom. The number of thioether (sulfide) groups is 1. The van der Waals surface area contributed by atoms with Crippen LogP contribution in [0, 0.1) is 0 Å². The molecule has 2 aromatic rings. The maximum atomic E-state index is 11.6. The molecule has 19 heavy (non-hydrogen) atoms. The maximum Gasteiger partial charge on any atom is 0.343 e. The van der Waals surface area contributed by atoms with Gasteiger partial charge in [-0.2, -0.15) is 0 Å². The van der Waals surface area contributed by atoms with E-state index in [1.54, 1.807) is 17.0 Å². The summed E-state index contributed by atoms with van der Waals surface area (Å²) in [6, 6.07) is 3.86. The first-order valence-corrected chi connectivity index (χ1v) is 7.06. The molecule has 0 amide bonds. The van der Waals surface area contributed by atoms with E-state index in [0.29, 0.717) is 18.2 Å². The van der Waals surface area contributed by atoms with Crippen molar-refractivity contribution in [3.05, 3.63) is 40.6 Å². The van der Waals surface area contributed by atoms with Crippen LogP contribution in [0.15, 0.2) is 34.5 Å². The summed E-state index contributed by atoms with van der Waals surface area (Å²) in [4.78, 5) is 15.6. The largest absolute Gasteiger partial charge is 0.343 e. The van der Waals surface area contributed by atoms with Crippen molar-refractivity contribution in [1.82, 2.24) is 19.7 Å².